The maximum atomic E-state index is 13.0. The Hall–Kier alpha value is -3.16. The molecule has 8 heteroatoms. The Morgan fingerprint density at radius 3 is 2.82 bits per heavy atom. The van der Waals surface area contributed by atoms with Gasteiger partial charge < -0.3 is 9.47 Å². The van der Waals surface area contributed by atoms with Crippen LogP contribution in [-0.4, -0.2) is 53.4 Å². The fourth-order valence-corrected chi connectivity index (χ4v) is 3.70. The lowest BCUT2D eigenvalue weighted by atomic mass is 9.93. The molecular weight excluding hydrogens is 354 g/mol. The summed E-state index contributed by atoms with van der Waals surface area (Å²) in [5.74, 6) is 1.68. The summed E-state index contributed by atoms with van der Waals surface area (Å²) in [6, 6.07) is 2.00. The molecule has 4 heterocycles. The molecule has 1 amide bonds. The van der Waals surface area contributed by atoms with E-state index in [9.17, 15) is 4.79 Å². The molecule has 3 aromatic rings. The van der Waals surface area contributed by atoms with Gasteiger partial charge in [0.15, 0.2) is 5.82 Å². The quantitative estimate of drug-likeness (QED) is 0.696. The average Bonchev–Trinajstić information content (AvgIpc) is 3.13. The second-order valence-corrected chi connectivity index (χ2v) is 7.20. The number of nitrogens with zero attached hydrogens (tertiary/aromatic N) is 7. The number of hydrogen-bond donors (Lipinski definition) is 0. The van der Waals surface area contributed by atoms with Crippen LogP contribution in [-0.2, 0) is 7.05 Å². The molecule has 0 bridgehead atoms. The van der Waals surface area contributed by atoms with Gasteiger partial charge in [0, 0.05) is 50.3 Å². The molecule has 1 fully saturated rings. The van der Waals surface area contributed by atoms with E-state index in [2.05, 4.69) is 24.9 Å². The van der Waals surface area contributed by atoms with Crippen LogP contribution in [0, 0.1) is 13.8 Å². The van der Waals surface area contributed by atoms with Crippen LogP contribution in [0.2, 0.25) is 0 Å². The van der Waals surface area contributed by atoms with Gasteiger partial charge in [0.2, 0.25) is 0 Å². The molecule has 0 aromatic carbocycles. The summed E-state index contributed by atoms with van der Waals surface area (Å²) in [6.07, 6.45) is 8.65. The van der Waals surface area contributed by atoms with Crippen molar-refractivity contribution < 1.29 is 4.79 Å². The van der Waals surface area contributed by atoms with Gasteiger partial charge in [-0.25, -0.2) is 24.9 Å². The summed E-state index contributed by atoms with van der Waals surface area (Å²) < 4.78 is 1.94. The Balaban J connectivity index is 1.60. The Kier molecular flexibility index (Phi) is 4.85. The molecule has 144 valence electrons. The average molecular weight is 377 g/mol. The number of aromatic nitrogens is 6. The molecule has 3 aromatic heterocycles. The van der Waals surface area contributed by atoms with Crippen LogP contribution in [0.25, 0.3) is 11.5 Å². The van der Waals surface area contributed by atoms with Crippen molar-refractivity contribution in [1.29, 1.82) is 0 Å². The highest BCUT2D eigenvalue weighted by Gasteiger charge is 2.28. The first-order chi connectivity index (χ1) is 13.5. The lowest BCUT2D eigenvalue weighted by molar-refractivity contribution is 0.0704. The van der Waals surface area contributed by atoms with Gasteiger partial charge in [-0.05, 0) is 32.8 Å². The molecule has 28 heavy (non-hydrogen) atoms. The third-order valence-electron chi connectivity index (χ3n) is 5.18. The molecule has 0 spiro atoms. The number of piperidine rings is 1. The topological polar surface area (TPSA) is 89.7 Å². The Labute approximate surface area is 163 Å². The van der Waals surface area contributed by atoms with Gasteiger partial charge in [-0.3, -0.25) is 4.79 Å². The zero-order valence-electron chi connectivity index (χ0n) is 16.3. The van der Waals surface area contributed by atoms with Crippen molar-refractivity contribution in [3.8, 4) is 11.5 Å². The number of hydrogen-bond acceptors (Lipinski definition) is 6. The van der Waals surface area contributed by atoms with Crippen LogP contribution in [0.3, 0.4) is 0 Å². The summed E-state index contributed by atoms with van der Waals surface area (Å²) in [5.41, 5.74) is 3.04. The van der Waals surface area contributed by atoms with Crippen LogP contribution in [0.15, 0.2) is 31.0 Å². The number of carbonyl (C=O) groups excluding carboxylic acids is 1. The highest BCUT2D eigenvalue weighted by Crippen LogP contribution is 2.28. The Morgan fingerprint density at radius 1 is 1.21 bits per heavy atom. The second-order valence-electron chi connectivity index (χ2n) is 7.20. The summed E-state index contributed by atoms with van der Waals surface area (Å²) in [7, 11) is 1.95. The number of imidazole rings is 1. The van der Waals surface area contributed by atoms with Gasteiger partial charge in [-0.15, -0.1) is 0 Å². The largest absolute Gasteiger partial charge is 0.338 e. The van der Waals surface area contributed by atoms with Crippen molar-refractivity contribution in [3.05, 3.63) is 53.8 Å². The van der Waals surface area contributed by atoms with Gasteiger partial charge in [-0.1, -0.05) is 0 Å². The van der Waals surface area contributed by atoms with Gasteiger partial charge in [0.05, 0.1) is 11.3 Å². The maximum Gasteiger partial charge on any atom is 0.257 e. The predicted molar refractivity (Wildman–Crippen MR) is 104 cm³/mol. The van der Waals surface area contributed by atoms with Crippen molar-refractivity contribution in [2.24, 2.45) is 7.05 Å². The van der Waals surface area contributed by atoms with E-state index in [0.29, 0.717) is 23.6 Å². The molecule has 0 aliphatic carbocycles. The van der Waals surface area contributed by atoms with Crippen LogP contribution in [0.5, 0.6) is 0 Å². The number of amides is 1. The fraction of sp³-hybridized carbons (Fsp3) is 0.400. The second kappa shape index (κ2) is 7.46. The minimum absolute atomic E-state index is 0.0158. The fourth-order valence-electron chi connectivity index (χ4n) is 3.70. The van der Waals surface area contributed by atoms with E-state index in [1.807, 2.05) is 42.6 Å². The highest BCUT2D eigenvalue weighted by molar-refractivity contribution is 5.95. The summed E-state index contributed by atoms with van der Waals surface area (Å²) in [6.45, 7) is 5.10. The number of rotatable bonds is 3. The smallest absolute Gasteiger partial charge is 0.257 e. The maximum absolute atomic E-state index is 13.0. The van der Waals surface area contributed by atoms with E-state index in [1.54, 1.807) is 12.4 Å². The lowest BCUT2D eigenvalue weighted by Gasteiger charge is -2.32. The summed E-state index contributed by atoms with van der Waals surface area (Å²) in [4.78, 5) is 36.6. The summed E-state index contributed by atoms with van der Waals surface area (Å²) in [5, 5.41) is 0. The number of likely N-dealkylation sites (tertiary alicyclic amines) is 1. The molecule has 0 unspecified atom stereocenters. The third kappa shape index (κ3) is 3.49. The van der Waals surface area contributed by atoms with Crippen LogP contribution >= 0.6 is 0 Å². The Morgan fingerprint density at radius 2 is 2.07 bits per heavy atom. The molecule has 1 aliphatic heterocycles. The zero-order chi connectivity index (χ0) is 19.7. The summed E-state index contributed by atoms with van der Waals surface area (Å²) >= 11 is 0. The van der Waals surface area contributed by atoms with E-state index in [-0.39, 0.29) is 11.8 Å². The van der Waals surface area contributed by atoms with Gasteiger partial charge in [0.1, 0.15) is 17.8 Å². The van der Waals surface area contributed by atoms with E-state index >= 15 is 0 Å². The molecule has 0 saturated carbocycles. The normalized spacial score (nSPS) is 17.0. The molecule has 0 radical (unpaired) electrons. The minimum Gasteiger partial charge on any atom is -0.338 e. The van der Waals surface area contributed by atoms with E-state index in [1.165, 1.54) is 6.33 Å². The molecule has 8 nitrogen and oxygen atoms in total. The molecule has 1 saturated heterocycles. The van der Waals surface area contributed by atoms with Crippen molar-refractivity contribution in [2.45, 2.75) is 32.6 Å². The first-order valence-electron chi connectivity index (χ1n) is 9.42. The monoisotopic (exact) mass is 377 g/mol. The zero-order valence-corrected chi connectivity index (χ0v) is 16.3. The standard InChI is InChI=1S/C20H23N7O/c1-13-16(10-21-12-23-13)20(28)27-7-4-5-15(11-27)17-9-18(25-14(2)24-17)19-22-6-8-26(19)3/h6,8-10,12,15H,4-5,7,11H2,1-3H3/t15-/m1/s1. The Bertz CT molecular complexity index is 1010. The first-order valence-corrected chi connectivity index (χ1v) is 9.42. The van der Waals surface area contributed by atoms with E-state index < -0.39 is 0 Å². The van der Waals surface area contributed by atoms with Crippen LogP contribution < -0.4 is 0 Å². The van der Waals surface area contributed by atoms with Gasteiger partial charge in [0.25, 0.3) is 5.91 Å². The van der Waals surface area contributed by atoms with Gasteiger partial charge in [-0.2, -0.15) is 0 Å². The minimum atomic E-state index is -0.0158. The van der Waals surface area contributed by atoms with Crippen molar-refractivity contribution in [2.75, 3.05) is 13.1 Å². The molecule has 0 N–H and O–H groups in total. The number of carbonyl (C=O) groups is 1. The molecule has 4 rings (SSSR count). The van der Waals surface area contributed by atoms with Crippen molar-refractivity contribution in [3.63, 3.8) is 0 Å². The van der Waals surface area contributed by atoms with Crippen molar-refractivity contribution in [1.82, 2.24) is 34.4 Å². The van der Waals surface area contributed by atoms with E-state index in [4.69, 9.17) is 0 Å². The predicted octanol–water partition coefficient (Wildman–Crippen LogP) is 2.30. The molecule has 1 aliphatic rings. The van der Waals surface area contributed by atoms with Gasteiger partial charge >= 0.3 is 0 Å². The number of aryl methyl sites for hydroxylation is 3. The van der Waals surface area contributed by atoms with Crippen molar-refractivity contribution >= 4 is 5.91 Å². The third-order valence-corrected chi connectivity index (χ3v) is 5.18. The van der Waals surface area contributed by atoms with Crippen LogP contribution in [0.4, 0.5) is 0 Å². The highest BCUT2D eigenvalue weighted by atomic mass is 16.2. The first kappa shape index (κ1) is 18.2. The molecule has 1 atom stereocenters. The van der Waals surface area contributed by atoms with E-state index in [0.717, 1.165) is 36.6 Å². The molecular formula is C20H23N7O. The van der Waals surface area contributed by atoms with Crippen LogP contribution in [0.1, 0.15) is 46.3 Å². The SMILES string of the molecule is Cc1nc(-c2nccn2C)cc([C@@H]2CCCN(C(=O)c3cncnc3C)C2)n1. The lowest BCUT2D eigenvalue weighted by Crippen LogP contribution is -2.39.